The zero-order chi connectivity index (χ0) is 18.1. The van der Waals surface area contributed by atoms with Crippen LogP contribution in [0.25, 0.3) is 6.08 Å². The molecule has 0 amide bonds. The Labute approximate surface area is 147 Å². The van der Waals surface area contributed by atoms with Gasteiger partial charge >= 0.3 is 5.97 Å². The monoisotopic (exact) mass is 336 g/mol. The van der Waals surface area contributed by atoms with Gasteiger partial charge in [-0.1, -0.05) is 38.1 Å². The predicted molar refractivity (Wildman–Crippen MR) is 95.8 cm³/mol. The van der Waals surface area contributed by atoms with Crippen LogP contribution in [0.4, 0.5) is 0 Å². The average molecular weight is 336 g/mol. The van der Waals surface area contributed by atoms with Crippen LogP contribution in [-0.4, -0.2) is 11.8 Å². The number of fused-ring (bicyclic) bond motifs is 1. The van der Waals surface area contributed by atoms with Gasteiger partial charge in [0.05, 0.1) is 11.5 Å². The van der Waals surface area contributed by atoms with E-state index in [4.69, 9.17) is 9.47 Å². The van der Waals surface area contributed by atoms with E-state index in [1.54, 1.807) is 39.0 Å². The van der Waals surface area contributed by atoms with Crippen LogP contribution in [0.5, 0.6) is 11.5 Å². The fourth-order valence-corrected chi connectivity index (χ4v) is 2.59. The van der Waals surface area contributed by atoms with Gasteiger partial charge in [0.25, 0.3) is 0 Å². The van der Waals surface area contributed by atoms with E-state index in [9.17, 15) is 9.59 Å². The van der Waals surface area contributed by atoms with Crippen LogP contribution >= 0.6 is 0 Å². The van der Waals surface area contributed by atoms with Gasteiger partial charge in [0.15, 0.2) is 5.76 Å². The Morgan fingerprint density at radius 1 is 1.12 bits per heavy atom. The third-order valence-corrected chi connectivity index (χ3v) is 4.19. The molecule has 0 aliphatic carbocycles. The molecule has 0 N–H and O–H groups in total. The Morgan fingerprint density at radius 2 is 1.84 bits per heavy atom. The summed E-state index contributed by atoms with van der Waals surface area (Å²) in [6.45, 7) is 7.31. The zero-order valence-electron chi connectivity index (χ0n) is 14.8. The molecule has 0 radical (unpaired) electrons. The van der Waals surface area contributed by atoms with Crippen molar-refractivity contribution < 1.29 is 19.1 Å². The van der Waals surface area contributed by atoms with E-state index in [1.165, 1.54) is 0 Å². The van der Waals surface area contributed by atoms with Crippen molar-refractivity contribution in [3.63, 3.8) is 0 Å². The Kier molecular flexibility index (Phi) is 4.45. The lowest BCUT2D eigenvalue weighted by molar-refractivity contribution is -0.137. The van der Waals surface area contributed by atoms with Crippen LogP contribution in [0.3, 0.4) is 0 Å². The van der Waals surface area contributed by atoms with Crippen LogP contribution in [0, 0.1) is 19.8 Å². The Morgan fingerprint density at radius 3 is 2.52 bits per heavy atom. The van der Waals surface area contributed by atoms with Crippen molar-refractivity contribution in [1.29, 1.82) is 0 Å². The van der Waals surface area contributed by atoms with Gasteiger partial charge in [-0.3, -0.25) is 9.59 Å². The summed E-state index contributed by atoms with van der Waals surface area (Å²) in [6, 6.07) is 11.1. The molecule has 0 aromatic heterocycles. The maximum atomic E-state index is 12.6. The quantitative estimate of drug-likeness (QED) is 0.471. The molecule has 0 bridgehead atoms. The third-order valence-electron chi connectivity index (χ3n) is 4.19. The molecule has 4 heteroatoms. The van der Waals surface area contributed by atoms with Crippen LogP contribution in [0.2, 0.25) is 0 Å². The molecular weight excluding hydrogens is 316 g/mol. The first-order valence-corrected chi connectivity index (χ1v) is 8.23. The number of hydrogen-bond donors (Lipinski definition) is 0. The van der Waals surface area contributed by atoms with Crippen LogP contribution in [0.15, 0.2) is 42.2 Å². The van der Waals surface area contributed by atoms with E-state index >= 15 is 0 Å². The smallest absolute Gasteiger partial charge is 0.313 e. The minimum absolute atomic E-state index is 0.164. The number of rotatable bonds is 3. The molecular formula is C21H20O4. The highest BCUT2D eigenvalue weighted by molar-refractivity contribution is 6.15. The fourth-order valence-electron chi connectivity index (χ4n) is 2.59. The molecule has 128 valence electrons. The molecule has 3 rings (SSSR count). The SMILES string of the molecule is Cc1ccccc1/C=C1\Oc2c(ccc(OC(=O)C(C)C)c2C)C1=O. The molecule has 0 saturated heterocycles. The van der Waals surface area contributed by atoms with Gasteiger partial charge in [0, 0.05) is 5.56 Å². The number of Topliss-reactive ketones (excluding diaryl/α,β-unsaturated/α-hetero) is 1. The van der Waals surface area contributed by atoms with Crippen LogP contribution in [0.1, 0.15) is 40.9 Å². The highest BCUT2D eigenvalue weighted by Gasteiger charge is 2.30. The number of carbonyl (C=O) groups is 2. The lowest BCUT2D eigenvalue weighted by Gasteiger charge is -2.11. The number of carbonyl (C=O) groups excluding carboxylic acids is 2. The minimum Gasteiger partial charge on any atom is -0.452 e. The molecule has 0 saturated carbocycles. The normalized spacial score (nSPS) is 14.6. The molecule has 0 spiro atoms. The topological polar surface area (TPSA) is 52.6 Å². The van der Waals surface area contributed by atoms with Crippen molar-refractivity contribution in [2.75, 3.05) is 0 Å². The van der Waals surface area contributed by atoms with E-state index in [0.29, 0.717) is 22.6 Å². The number of ketones is 1. The maximum absolute atomic E-state index is 12.6. The number of hydrogen-bond acceptors (Lipinski definition) is 4. The summed E-state index contributed by atoms with van der Waals surface area (Å²) in [5.41, 5.74) is 3.13. The van der Waals surface area contributed by atoms with Gasteiger partial charge in [0.1, 0.15) is 11.5 Å². The van der Waals surface area contributed by atoms with Crippen molar-refractivity contribution >= 4 is 17.8 Å². The first-order chi connectivity index (χ1) is 11.9. The summed E-state index contributed by atoms with van der Waals surface area (Å²) >= 11 is 0. The van der Waals surface area contributed by atoms with Crippen molar-refractivity contribution in [3.05, 3.63) is 64.4 Å². The van der Waals surface area contributed by atoms with Crippen molar-refractivity contribution in [2.45, 2.75) is 27.7 Å². The first kappa shape index (κ1) is 17.0. The van der Waals surface area contributed by atoms with Crippen molar-refractivity contribution in [2.24, 2.45) is 5.92 Å². The number of aryl methyl sites for hydroxylation is 1. The number of ether oxygens (including phenoxy) is 2. The lowest BCUT2D eigenvalue weighted by atomic mass is 10.0. The fraction of sp³-hybridized carbons (Fsp3) is 0.238. The van der Waals surface area contributed by atoms with E-state index in [-0.39, 0.29) is 23.4 Å². The number of esters is 1. The number of benzene rings is 2. The average Bonchev–Trinajstić information content (AvgIpc) is 2.89. The molecule has 0 unspecified atom stereocenters. The molecule has 2 aromatic carbocycles. The van der Waals surface area contributed by atoms with Crippen molar-refractivity contribution in [3.8, 4) is 11.5 Å². The van der Waals surface area contributed by atoms with Crippen molar-refractivity contribution in [1.82, 2.24) is 0 Å². The highest BCUT2D eigenvalue weighted by Crippen LogP contribution is 2.39. The summed E-state index contributed by atoms with van der Waals surface area (Å²) < 4.78 is 11.2. The highest BCUT2D eigenvalue weighted by atomic mass is 16.5. The first-order valence-electron chi connectivity index (χ1n) is 8.23. The second-order valence-electron chi connectivity index (χ2n) is 6.44. The van der Waals surface area contributed by atoms with Crippen LogP contribution < -0.4 is 9.47 Å². The van der Waals surface area contributed by atoms with Gasteiger partial charge in [0.2, 0.25) is 5.78 Å². The van der Waals surface area contributed by atoms with Gasteiger partial charge < -0.3 is 9.47 Å². The molecule has 1 aliphatic heterocycles. The second-order valence-corrected chi connectivity index (χ2v) is 6.44. The van der Waals surface area contributed by atoms with Gasteiger partial charge in [-0.05, 0) is 43.2 Å². The summed E-state index contributed by atoms with van der Waals surface area (Å²) in [4.78, 5) is 24.4. The summed E-state index contributed by atoms with van der Waals surface area (Å²) in [5, 5.41) is 0. The molecule has 1 heterocycles. The Balaban J connectivity index is 1.95. The summed E-state index contributed by atoms with van der Waals surface area (Å²) in [5.74, 6) is 0.443. The molecule has 4 nitrogen and oxygen atoms in total. The van der Waals surface area contributed by atoms with E-state index in [2.05, 4.69) is 0 Å². The van der Waals surface area contributed by atoms with E-state index in [1.807, 2.05) is 31.2 Å². The van der Waals surface area contributed by atoms with Crippen LogP contribution in [-0.2, 0) is 4.79 Å². The van der Waals surface area contributed by atoms with Gasteiger partial charge in [-0.25, -0.2) is 0 Å². The predicted octanol–water partition coefficient (Wildman–Crippen LogP) is 4.48. The molecule has 2 aromatic rings. The standard InChI is InChI=1S/C21H20O4/c1-12(2)21(23)25-17-10-9-16-19(22)18(24-20(16)14(17)4)11-15-8-6-5-7-13(15)3/h5-12H,1-4H3/b18-11-. The number of allylic oxidation sites excluding steroid dienone is 1. The molecule has 1 aliphatic rings. The largest absolute Gasteiger partial charge is 0.452 e. The third kappa shape index (κ3) is 3.20. The molecule has 25 heavy (non-hydrogen) atoms. The molecule has 0 atom stereocenters. The Bertz CT molecular complexity index is 891. The summed E-state index contributed by atoms with van der Waals surface area (Å²) in [7, 11) is 0. The van der Waals surface area contributed by atoms with E-state index < -0.39 is 0 Å². The second kappa shape index (κ2) is 6.55. The zero-order valence-corrected chi connectivity index (χ0v) is 14.8. The van der Waals surface area contributed by atoms with Gasteiger partial charge in [-0.2, -0.15) is 0 Å². The Hall–Kier alpha value is -2.88. The lowest BCUT2D eigenvalue weighted by Crippen LogP contribution is -2.15. The minimum atomic E-state index is -0.317. The molecule has 0 fully saturated rings. The maximum Gasteiger partial charge on any atom is 0.313 e. The van der Waals surface area contributed by atoms with E-state index in [0.717, 1.165) is 11.1 Å². The van der Waals surface area contributed by atoms with Gasteiger partial charge in [-0.15, -0.1) is 0 Å². The summed E-state index contributed by atoms with van der Waals surface area (Å²) in [6.07, 6.45) is 1.75.